The molecule has 36 heavy (non-hydrogen) atoms. The molecule has 1 atom stereocenters. The van der Waals surface area contributed by atoms with Crippen molar-refractivity contribution in [1.82, 2.24) is 14.5 Å². The Morgan fingerprint density at radius 3 is 2.25 bits per heavy atom. The van der Waals surface area contributed by atoms with Gasteiger partial charge in [0.05, 0.1) is 18.6 Å². The molecule has 3 aromatic carbocycles. The van der Waals surface area contributed by atoms with Gasteiger partial charge in [-0.2, -0.15) is 4.31 Å². The summed E-state index contributed by atoms with van der Waals surface area (Å²) in [7, 11) is -0.991. The van der Waals surface area contributed by atoms with Gasteiger partial charge >= 0.3 is 0 Å². The van der Waals surface area contributed by atoms with E-state index in [2.05, 4.69) is 5.32 Å². The SMILES string of the molecule is CCNC(=O)[C@H](CC)N(Cc1ccc(OC)cc1)C(=O)CN(C)S(=O)(=O)c1ccc2ccccc2c1. The van der Waals surface area contributed by atoms with Crippen LogP contribution in [0.1, 0.15) is 25.8 Å². The zero-order chi connectivity index (χ0) is 26.3. The zero-order valence-electron chi connectivity index (χ0n) is 21.1. The summed E-state index contributed by atoms with van der Waals surface area (Å²) >= 11 is 0. The second-order valence-electron chi connectivity index (χ2n) is 8.46. The molecular formula is C27H33N3O5S. The molecule has 0 aliphatic rings. The number of hydrogen-bond acceptors (Lipinski definition) is 5. The highest BCUT2D eigenvalue weighted by molar-refractivity contribution is 7.89. The van der Waals surface area contributed by atoms with Gasteiger partial charge in [-0.25, -0.2) is 8.42 Å². The van der Waals surface area contributed by atoms with E-state index >= 15 is 0 Å². The molecule has 0 aromatic heterocycles. The van der Waals surface area contributed by atoms with Crippen LogP contribution >= 0.6 is 0 Å². The Hall–Kier alpha value is -3.43. The maximum absolute atomic E-state index is 13.5. The third kappa shape index (κ3) is 6.22. The summed E-state index contributed by atoms with van der Waals surface area (Å²) in [6.45, 7) is 3.81. The van der Waals surface area contributed by atoms with E-state index in [9.17, 15) is 18.0 Å². The van der Waals surface area contributed by atoms with Gasteiger partial charge in [-0.1, -0.05) is 49.4 Å². The number of carbonyl (C=O) groups excluding carboxylic acids is 2. The first-order chi connectivity index (χ1) is 17.2. The number of likely N-dealkylation sites (N-methyl/N-ethyl adjacent to an activating group) is 2. The average molecular weight is 512 g/mol. The number of amides is 2. The molecule has 0 radical (unpaired) electrons. The van der Waals surface area contributed by atoms with Crippen molar-refractivity contribution >= 4 is 32.6 Å². The largest absolute Gasteiger partial charge is 0.497 e. The molecule has 0 bridgehead atoms. The molecule has 1 N–H and O–H groups in total. The van der Waals surface area contributed by atoms with Gasteiger partial charge in [-0.05, 0) is 53.9 Å². The molecule has 0 unspecified atom stereocenters. The van der Waals surface area contributed by atoms with Crippen LogP contribution in [0.15, 0.2) is 71.6 Å². The van der Waals surface area contributed by atoms with Gasteiger partial charge in [-0.3, -0.25) is 9.59 Å². The second-order valence-corrected chi connectivity index (χ2v) is 10.5. The predicted molar refractivity (Wildman–Crippen MR) is 140 cm³/mol. The molecule has 3 rings (SSSR count). The number of rotatable bonds is 11. The minimum absolute atomic E-state index is 0.106. The molecule has 0 heterocycles. The van der Waals surface area contributed by atoms with Gasteiger partial charge < -0.3 is 15.0 Å². The third-order valence-corrected chi connectivity index (χ3v) is 7.84. The minimum Gasteiger partial charge on any atom is -0.497 e. The van der Waals surface area contributed by atoms with Crippen molar-refractivity contribution in [2.24, 2.45) is 0 Å². The summed E-state index contributed by atoms with van der Waals surface area (Å²) in [4.78, 5) is 27.8. The van der Waals surface area contributed by atoms with E-state index in [1.54, 1.807) is 31.4 Å². The van der Waals surface area contributed by atoms with Crippen molar-refractivity contribution in [3.63, 3.8) is 0 Å². The molecule has 2 amide bonds. The minimum atomic E-state index is -3.94. The number of nitrogens with zero attached hydrogens (tertiary/aromatic N) is 2. The summed E-state index contributed by atoms with van der Waals surface area (Å²) in [5, 5.41) is 4.50. The van der Waals surface area contributed by atoms with Gasteiger partial charge in [0.1, 0.15) is 11.8 Å². The maximum Gasteiger partial charge on any atom is 0.243 e. The Morgan fingerprint density at radius 2 is 1.64 bits per heavy atom. The van der Waals surface area contributed by atoms with Gasteiger partial charge in [0.15, 0.2) is 0 Å². The van der Waals surface area contributed by atoms with E-state index in [-0.39, 0.29) is 17.3 Å². The van der Waals surface area contributed by atoms with E-state index < -0.39 is 28.5 Å². The third-order valence-electron chi connectivity index (χ3n) is 6.04. The van der Waals surface area contributed by atoms with Crippen LogP contribution in [0.3, 0.4) is 0 Å². The van der Waals surface area contributed by atoms with Gasteiger partial charge in [0.25, 0.3) is 0 Å². The molecule has 9 heteroatoms. The molecule has 0 saturated heterocycles. The molecule has 192 valence electrons. The number of methoxy groups -OCH3 is 1. The van der Waals surface area contributed by atoms with Crippen molar-refractivity contribution in [1.29, 1.82) is 0 Å². The Kier molecular flexibility index (Phi) is 9.06. The first-order valence-electron chi connectivity index (χ1n) is 11.9. The van der Waals surface area contributed by atoms with Crippen molar-refractivity contribution in [2.75, 3.05) is 27.2 Å². The van der Waals surface area contributed by atoms with Crippen LogP contribution in [0.2, 0.25) is 0 Å². The summed E-state index contributed by atoms with van der Waals surface area (Å²) < 4.78 is 32.8. The van der Waals surface area contributed by atoms with Crippen LogP contribution in [0.4, 0.5) is 0 Å². The quantitative estimate of drug-likeness (QED) is 0.426. The van der Waals surface area contributed by atoms with E-state index in [0.29, 0.717) is 18.7 Å². The Balaban J connectivity index is 1.87. The maximum atomic E-state index is 13.5. The summed E-state index contributed by atoms with van der Waals surface area (Å²) in [5.74, 6) is -0.0636. The van der Waals surface area contributed by atoms with Gasteiger partial charge in [0, 0.05) is 20.1 Å². The second kappa shape index (κ2) is 12.0. The fourth-order valence-corrected chi connectivity index (χ4v) is 5.17. The number of fused-ring (bicyclic) bond motifs is 1. The zero-order valence-corrected chi connectivity index (χ0v) is 21.9. The summed E-state index contributed by atoms with van der Waals surface area (Å²) in [6, 6.07) is 18.8. The normalized spacial score (nSPS) is 12.4. The monoisotopic (exact) mass is 511 g/mol. The molecular weight excluding hydrogens is 478 g/mol. The number of sulfonamides is 1. The highest BCUT2D eigenvalue weighted by Crippen LogP contribution is 2.22. The molecule has 0 spiro atoms. The standard InChI is InChI=1S/C27H33N3O5S/c1-5-25(27(32)28-6-2)30(18-20-11-14-23(35-4)15-12-20)26(31)19-29(3)36(33,34)24-16-13-21-9-7-8-10-22(21)17-24/h7-17,25H,5-6,18-19H2,1-4H3,(H,28,32)/t25-/m0/s1. The van der Waals surface area contributed by atoms with Crippen molar-refractivity contribution in [3.8, 4) is 5.75 Å². The van der Waals surface area contributed by atoms with Gasteiger partial charge in [0.2, 0.25) is 21.8 Å². The van der Waals surface area contributed by atoms with E-state index in [1.807, 2.05) is 50.2 Å². The van der Waals surface area contributed by atoms with Crippen LogP contribution in [-0.4, -0.2) is 62.7 Å². The molecule has 0 aliphatic heterocycles. The Labute approximate surface area is 212 Å². The lowest BCUT2D eigenvalue weighted by Crippen LogP contribution is -2.51. The molecule has 0 aliphatic carbocycles. The van der Waals surface area contributed by atoms with Gasteiger partial charge in [-0.15, -0.1) is 0 Å². The van der Waals surface area contributed by atoms with Crippen molar-refractivity contribution in [2.45, 2.75) is 37.8 Å². The topological polar surface area (TPSA) is 96.0 Å². The van der Waals surface area contributed by atoms with Crippen molar-refractivity contribution in [3.05, 3.63) is 72.3 Å². The van der Waals surface area contributed by atoms with Crippen LogP contribution in [-0.2, 0) is 26.2 Å². The lowest BCUT2D eigenvalue weighted by Gasteiger charge is -2.32. The summed E-state index contributed by atoms with van der Waals surface area (Å²) in [6.07, 6.45) is 0.384. The smallest absolute Gasteiger partial charge is 0.243 e. The van der Waals surface area contributed by atoms with E-state index in [4.69, 9.17) is 4.74 Å². The number of benzene rings is 3. The fraction of sp³-hybridized carbons (Fsp3) is 0.333. The van der Waals surface area contributed by atoms with Crippen LogP contribution in [0.25, 0.3) is 10.8 Å². The van der Waals surface area contributed by atoms with Crippen LogP contribution in [0.5, 0.6) is 5.75 Å². The molecule has 3 aromatic rings. The fourth-order valence-electron chi connectivity index (χ4n) is 4.01. The lowest BCUT2D eigenvalue weighted by molar-refractivity contribution is -0.141. The molecule has 0 fully saturated rings. The first kappa shape index (κ1) is 27.2. The number of hydrogen-bond donors (Lipinski definition) is 1. The first-order valence-corrected chi connectivity index (χ1v) is 13.3. The number of carbonyl (C=O) groups is 2. The molecule has 8 nitrogen and oxygen atoms in total. The predicted octanol–water partition coefficient (Wildman–Crippen LogP) is 3.41. The van der Waals surface area contributed by atoms with Crippen molar-refractivity contribution < 1.29 is 22.7 Å². The highest BCUT2D eigenvalue weighted by atomic mass is 32.2. The van der Waals surface area contributed by atoms with E-state index in [0.717, 1.165) is 20.6 Å². The number of ether oxygens (including phenoxy) is 1. The average Bonchev–Trinajstić information content (AvgIpc) is 2.88. The van der Waals surface area contributed by atoms with E-state index in [1.165, 1.54) is 18.0 Å². The summed E-state index contributed by atoms with van der Waals surface area (Å²) in [5.41, 5.74) is 0.798. The number of nitrogens with one attached hydrogen (secondary N) is 1. The van der Waals surface area contributed by atoms with Crippen LogP contribution < -0.4 is 10.1 Å². The highest BCUT2D eigenvalue weighted by Gasteiger charge is 2.31. The Morgan fingerprint density at radius 1 is 0.972 bits per heavy atom. The van der Waals surface area contributed by atoms with Crippen LogP contribution in [0, 0.1) is 0 Å². The molecule has 0 saturated carbocycles. The Bertz CT molecular complexity index is 1310. The lowest BCUT2D eigenvalue weighted by atomic mass is 10.1.